The van der Waals surface area contributed by atoms with E-state index in [1.54, 1.807) is 37.3 Å². The number of anilines is 2. The Morgan fingerprint density at radius 2 is 1.69 bits per heavy atom. The molecule has 4 amide bonds. The van der Waals surface area contributed by atoms with Crippen molar-refractivity contribution in [1.29, 1.82) is 0 Å². The Bertz CT molecular complexity index is 920. The molecule has 0 aromatic heterocycles. The molecular weight excluding hydrogens is 368 g/mol. The second-order valence-corrected chi connectivity index (χ2v) is 7.45. The van der Waals surface area contributed by atoms with Crippen LogP contribution in [0.15, 0.2) is 42.5 Å². The molecule has 2 aromatic rings. The van der Waals surface area contributed by atoms with Crippen LogP contribution in [0.25, 0.3) is 0 Å². The summed E-state index contributed by atoms with van der Waals surface area (Å²) in [7, 11) is 0. The minimum Gasteiger partial charge on any atom is -0.374 e. The van der Waals surface area contributed by atoms with Crippen molar-refractivity contribution in [2.24, 2.45) is 0 Å². The molecule has 152 valence electrons. The van der Waals surface area contributed by atoms with Crippen molar-refractivity contribution in [1.82, 2.24) is 10.6 Å². The number of carbonyl (C=O) groups is 3. The van der Waals surface area contributed by atoms with Crippen molar-refractivity contribution in [3.63, 3.8) is 0 Å². The molecule has 0 heterocycles. The highest BCUT2D eigenvalue weighted by molar-refractivity contribution is 6.03. The fourth-order valence-corrected chi connectivity index (χ4v) is 2.86. The normalized spacial score (nSPS) is 13.9. The molecule has 1 fully saturated rings. The van der Waals surface area contributed by atoms with Crippen LogP contribution in [0, 0.1) is 13.8 Å². The Balaban J connectivity index is 1.50. The van der Waals surface area contributed by atoms with Gasteiger partial charge in [-0.15, -0.1) is 0 Å². The standard InChI is InChI=1S/C22H26N4O3/c1-13-4-11-19(14(2)12-13)25-22(29)26-20(27)15(3)23-17-7-5-16(6-8-17)21(28)24-18-9-10-18/h4-8,11-12,15,18,23H,9-10H2,1-3H3,(H,24,28)(H2,25,26,27,29). The van der Waals surface area contributed by atoms with Gasteiger partial charge in [-0.2, -0.15) is 0 Å². The second-order valence-electron chi connectivity index (χ2n) is 7.45. The zero-order valence-electron chi connectivity index (χ0n) is 16.8. The van der Waals surface area contributed by atoms with Gasteiger partial charge in [-0.3, -0.25) is 14.9 Å². The van der Waals surface area contributed by atoms with Crippen molar-refractivity contribution in [3.05, 3.63) is 59.2 Å². The molecule has 1 atom stereocenters. The lowest BCUT2D eigenvalue weighted by Crippen LogP contribution is -2.43. The van der Waals surface area contributed by atoms with E-state index in [9.17, 15) is 14.4 Å². The summed E-state index contributed by atoms with van der Waals surface area (Å²) in [4.78, 5) is 36.4. The maximum atomic E-state index is 12.3. The van der Waals surface area contributed by atoms with Crippen molar-refractivity contribution >= 4 is 29.2 Å². The van der Waals surface area contributed by atoms with Gasteiger partial charge >= 0.3 is 6.03 Å². The first-order valence-electron chi connectivity index (χ1n) is 9.68. The second kappa shape index (κ2) is 8.77. The highest BCUT2D eigenvalue weighted by Crippen LogP contribution is 2.20. The molecule has 1 aliphatic carbocycles. The SMILES string of the molecule is Cc1ccc(NC(=O)NC(=O)C(C)Nc2ccc(C(=O)NC3CC3)cc2)c(C)c1. The van der Waals surface area contributed by atoms with Gasteiger partial charge in [0.2, 0.25) is 5.91 Å². The Morgan fingerprint density at radius 3 is 2.31 bits per heavy atom. The predicted octanol–water partition coefficient (Wildman–Crippen LogP) is 3.34. The van der Waals surface area contributed by atoms with E-state index in [-0.39, 0.29) is 5.91 Å². The minimum absolute atomic E-state index is 0.0899. The van der Waals surface area contributed by atoms with Crippen LogP contribution in [0.4, 0.5) is 16.2 Å². The molecule has 7 heteroatoms. The van der Waals surface area contributed by atoms with E-state index in [1.807, 2.05) is 26.0 Å². The molecule has 29 heavy (non-hydrogen) atoms. The Morgan fingerprint density at radius 1 is 1.00 bits per heavy atom. The van der Waals surface area contributed by atoms with Crippen molar-refractivity contribution in [2.75, 3.05) is 10.6 Å². The van der Waals surface area contributed by atoms with E-state index in [0.29, 0.717) is 23.0 Å². The first-order valence-corrected chi connectivity index (χ1v) is 9.68. The molecular formula is C22H26N4O3. The van der Waals surface area contributed by atoms with Gasteiger partial charge in [0.1, 0.15) is 6.04 Å². The molecule has 1 saturated carbocycles. The lowest BCUT2D eigenvalue weighted by Gasteiger charge is -2.16. The Hall–Kier alpha value is -3.35. The van der Waals surface area contributed by atoms with E-state index in [1.165, 1.54) is 0 Å². The molecule has 4 N–H and O–H groups in total. The molecule has 1 unspecified atom stereocenters. The summed E-state index contributed by atoms with van der Waals surface area (Å²) in [6.07, 6.45) is 2.07. The average molecular weight is 394 g/mol. The molecule has 0 bridgehead atoms. The topological polar surface area (TPSA) is 99.3 Å². The molecule has 3 rings (SSSR count). The zero-order chi connectivity index (χ0) is 21.0. The summed E-state index contributed by atoms with van der Waals surface area (Å²) < 4.78 is 0. The maximum Gasteiger partial charge on any atom is 0.325 e. The molecule has 0 saturated heterocycles. The molecule has 0 radical (unpaired) electrons. The number of imide groups is 1. The third kappa shape index (κ3) is 5.81. The zero-order valence-corrected chi connectivity index (χ0v) is 16.8. The van der Waals surface area contributed by atoms with Crippen molar-refractivity contribution < 1.29 is 14.4 Å². The van der Waals surface area contributed by atoms with Crippen LogP contribution in [0.2, 0.25) is 0 Å². The van der Waals surface area contributed by atoms with Gasteiger partial charge in [0.05, 0.1) is 0 Å². The first kappa shape index (κ1) is 20.4. The molecule has 0 spiro atoms. The summed E-state index contributed by atoms with van der Waals surface area (Å²) in [5.74, 6) is -0.546. The first-order chi connectivity index (χ1) is 13.8. The summed E-state index contributed by atoms with van der Waals surface area (Å²) in [6.45, 7) is 5.52. The van der Waals surface area contributed by atoms with Gasteiger partial charge in [-0.25, -0.2) is 4.79 Å². The van der Waals surface area contributed by atoms with Crippen LogP contribution >= 0.6 is 0 Å². The maximum absolute atomic E-state index is 12.3. The van der Waals surface area contributed by atoms with Gasteiger partial charge in [0.15, 0.2) is 0 Å². The number of hydrogen-bond acceptors (Lipinski definition) is 4. The number of hydrogen-bond donors (Lipinski definition) is 4. The van der Waals surface area contributed by atoms with E-state index in [0.717, 1.165) is 24.0 Å². The number of carbonyl (C=O) groups excluding carboxylic acids is 3. The number of amides is 4. The van der Waals surface area contributed by atoms with Crippen LogP contribution in [-0.4, -0.2) is 29.9 Å². The molecule has 2 aromatic carbocycles. The minimum atomic E-state index is -0.633. The highest BCUT2D eigenvalue weighted by Gasteiger charge is 2.23. The monoisotopic (exact) mass is 394 g/mol. The number of aryl methyl sites for hydroxylation is 2. The largest absolute Gasteiger partial charge is 0.374 e. The van der Waals surface area contributed by atoms with Crippen molar-refractivity contribution in [2.45, 2.75) is 45.7 Å². The van der Waals surface area contributed by atoms with Crippen LogP contribution in [0.1, 0.15) is 41.3 Å². The number of benzene rings is 2. The molecule has 7 nitrogen and oxygen atoms in total. The summed E-state index contributed by atoms with van der Waals surface area (Å²) in [5, 5.41) is 11.0. The van der Waals surface area contributed by atoms with E-state index >= 15 is 0 Å². The Labute approximate surface area is 170 Å². The fraction of sp³-hybridized carbons (Fsp3) is 0.318. The summed E-state index contributed by atoms with van der Waals surface area (Å²) >= 11 is 0. The lowest BCUT2D eigenvalue weighted by molar-refractivity contribution is -0.120. The van der Waals surface area contributed by atoms with Gasteiger partial charge < -0.3 is 16.0 Å². The molecule has 1 aliphatic rings. The van der Waals surface area contributed by atoms with Crippen LogP contribution in [0.3, 0.4) is 0 Å². The number of nitrogens with one attached hydrogen (secondary N) is 4. The van der Waals surface area contributed by atoms with E-state index in [2.05, 4.69) is 21.3 Å². The van der Waals surface area contributed by atoms with Gasteiger partial charge in [0.25, 0.3) is 5.91 Å². The van der Waals surface area contributed by atoms with E-state index in [4.69, 9.17) is 0 Å². The molecule has 0 aliphatic heterocycles. The van der Waals surface area contributed by atoms with Crippen LogP contribution in [-0.2, 0) is 4.79 Å². The van der Waals surface area contributed by atoms with Crippen LogP contribution in [0.5, 0.6) is 0 Å². The highest BCUT2D eigenvalue weighted by atomic mass is 16.2. The quantitative estimate of drug-likeness (QED) is 0.604. The van der Waals surface area contributed by atoms with E-state index < -0.39 is 18.0 Å². The number of rotatable bonds is 6. The third-order valence-electron chi connectivity index (χ3n) is 4.70. The summed E-state index contributed by atoms with van der Waals surface area (Å²) in [5.41, 5.74) is 3.93. The average Bonchev–Trinajstić information content (AvgIpc) is 3.48. The third-order valence-corrected chi connectivity index (χ3v) is 4.70. The van der Waals surface area contributed by atoms with Crippen molar-refractivity contribution in [3.8, 4) is 0 Å². The number of urea groups is 1. The Kier molecular flexibility index (Phi) is 6.16. The smallest absolute Gasteiger partial charge is 0.325 e. The predicted molar refractivity (Wildman–Crippen MR) is 113 cm³/mol. The van der Waals surface area contributed by atoms with Gasteiger partial charge in [-0.1, -0.05) is 17.7 Å². The lowest BCUT2D eigenvalue weighted by atomic mass is 10.1. The van der Waals surface area contributed by atoms with Gasteiger partial charge in [0, 0.05) is 23.0 Å². The van der Waals surface area contributed by atoms with Crippen LogP contribution < -0.4 is 21.3 Å². The van der Waals surface area contributed by atoms with Gasteiger partial charge in [-0.05, 0) is 69.5 Å². The summed E-state index contributed by atoms with van der Waals surface area (Å²) in [6, 6.07) is 11.6. The fourth-order valence-electron chi connectivity index (χ4n) is 2.86.